The Labute approximate surface area is 169 Å². The van der Waals surface area contributed by atoms with Gasteiger partial charge in [-0.2, -0.15) is 0 Å². The van der Waals surface area contributed by atoms with Crippen LogP contribution in [0.25, 0.3) is 0 Å². The largest absolute Gasteiger partial charge is 0.508 e. The monoisotopic (exact) mass is 388 g/mol. The molecule has 1 saturated heterocycles. The third kappa shape index (κ3) is 3.73. The first-order valence-corrected chi connectivity index (χ1v) is 10.5. The van der Waals surface area contributed by atoms with E-state index in [-0.39, 0.29) is 23.0 Å². The van der Waals surface area contributed by atoms with E-state index in [1.54, 1.807) is 13.2 Å². The van der Waals surface area contributed by atoms with Crippen molar-refractivity contribution in [2.24, 2.45) is 5.41 Å². The molecule has 5 heteroatoms. The topological polar surface area (TPSA) is 53.0 Å². The molecule has 2 aliphatic rings. The number of amides is 2. The smallest absolute Gasteiger partial charge is 0.319 e. The Morgan fingerprint density at radius 2 is 1.96 bits per heavy atom. The molecule has 1 fully saturated rings. The number of likely N-dealkylation sites (tertiary alicyclic amines) is 1. The van der Waals surface area contributed by atoms with E-state index < -0.39 is 0 Å². The summed E-state index contributed by atoms with van der Waals surface area (Å²) in [6, 6.07) is 6.01. The number of phenolic OH excluding ortho intramolecular Hbond substituents is 1. The molecule has 3 rings (SSSR count). The summed E-state index contributed by atoms with van der Waals surface area (Å²) in [4.78, 5) is 16.7. The third-order valence-corrected chi connectivity index (χ3v) is 7.56. The summed E-state index contributed by atoms with van der Waals surface area (Å²) in [5.41, 5.74) is 2.34. The standard InChI is InChI=1S/C23H36N2O3/c1-22(2)12-9-18-19(7-6-8-20(18)26)23(22,3)13-16-24(4)21(27)25-14-10-17(28-5)11-15-25/h6-8,17,26H,9-16H2,1-5H3/t23-/m0/s1. The minimum Gasteiger partial charge on any atom is -0.508 e. The van der Waals surface area contributed by atoms with E-state index >= 15 is 0 Å². The fourth-order valence-electron chi connectivity index (χ4n) is 4.92. The number of nitrogens with zero attached hydrogens (tertiary/aromatic N) is 2. The Balaban J connectivity index is 1.70. The summed E-state index contributed by atoms with van der Waals surface area (Å²) in [6.45, 7) is 9.17. The van der Waals surface area contributed by atoms with Crippen LogP contribution in [0.15, 0.2) is 18.2 Å². The molecule has 1 aromatic rings. The molecular weight excluding hydrogens is 352 g/mol. The van der Waals surface area contributed by atoms with Crippen LogP contribution in [0.1, 0.15) is 57.6 Å². The molecule has 0 unspecified atom stereocenters. The number of rotatable bonds is 4. The predicted octanol–water partition coefficient (Wildman–Crippen LogP) is 4.18. The van der Waals surface area contributed by atoms with Gasteiger partial charge in [0.05, 0.1) is 6.10 Å². The second-order valence-corrected chi connectivity index (χ2v) is 9.40. The Hall–Kier alpha value is -1.75. The fraction of sp³-hybridized carbons (Fsp3) is 0.696. The molecule has 1 aliphatic carbocycles. The minimum atomic E-state index is -0.0864. The zero-order valence-corrected chi connectivity index (χ0v) is 18.1. The predicted molar refractivity (Wildman–Crippen MR) is 112 cm³/mol. The van der Waals surface area contributed by atoms with Gasteiger partial charge >= 0.3 is 6.03 Å². The molecule has 0 saturated carbocycles. The highest BCUT2D eigenvalue weighted by atomic mass is 16.5. The molecule has 0 radical (unpaired) electrons. The van der Waals surface area contributed by atoms with Gasteiger partial charge in [-0.3, -0.25) is 0 Å². The molecule has 1 aromatic carbocycles. The second-order valence-electron chi connectivity index (χ2n) is 9.40. The maximum atomic E-state index is 12.9. The maximum Gasteiger partial charge on any atom is 0.319 e. The van der Waals surface area contributed by atoms with Gasteiger partial charge in [0.25, 0.3) is 0 Å². The number of carbonyl (C=O) groups excluding carboxylic acids is 1. The average molecular weight is 389 g/mol. The van der Waals surface area contributed by atoms with Gasteiger partial charge in [0, 0.05) is 33.8 Å². The molecule has 1 heterocycles. The van der Waals surface area contributed by atoms with Crippen molar-refractivity contribution in [3.63, 3.8) is 0 Å². The molecule has 1 atom stereocenters. The highest BCUT2D eigenvalue weighted by molar-refractivity contribution is 5.74. The van der Waals surface area contributed by atoms with Crippen molar-refractivity contribution in [2.75, 3.05) is 33.8 Å². The maximum absolute atomic E-state index is 12.9. The normalized spacial score (nSPS) is 24.7. The van der Waals surface area contributed by atoms with Gasteiger partial charge in [-0.25, -0.2) is 4.79 Å². The summed E-state index contributed by atoms with van der Waals surface area (Å²) in [6.07, 6.45) is 4.93. The molecule has 1 N–H and O–H groups in total. The summed E-state index contributed by atoms with van der Waals surface area (Å²) < 4.78 is 5.41. The SMILES string of the molecule is COC1CCN(C(=O)N(C)CC[C@@]2(C)c3cccc(O)c3CCC2(C)C)CC1. The quantitative estimate of drug-likeness (QED) is 0.842. The number of benzene rings is 1. The number of piperidine rings is 1. The molecular formula is C23H36N2O3. The van der Waals surface area contributed by atoms with Gasteiger partial charge in [0.15, 0.2) is 0 Å². The van der Waals surface area contributed by atoms with Crippen LogP contribution in [0.2, 0.25) is 0 Å². The summed E-state index contributed by atoms with van der Waals surface area (Å²) >= 11 is 0. The fourth-order valence-corrected chi connectivity index (χ4v) is 4.92. The summed E-state index contributed by atoms with van der Waals surface area (Å²) in [7, 11) is 3.66. The van der Waals surface area contributed by atoms with Crippen molar-refractivity contribution in [3.05, 3.63) is 29.3 Å². The second kappa shape index (κ2) is 7.94. The van der Waals surface area contributed by atoms with Crippen LogP contribution in [-0.4, -0.2) is 60.8 Å². The molecule has 0 bridgehead atoms. The molecule has 0 spiro atoms. The highest BCUT2D eigenvalue weighted by Crippen LogP contribution is 2.53. The van der Waals surface area contributed by atoms with E-state index in [0.29, 0.717) is 12.3 Å². The number of fused-ring (bicyclic) bond motifs is 1. The molecule has 1 aliphatic heterocycles. The van der Waals surface area contributed by atoms with E-state index in [2.05, 4.69) is 26.8 Å². The Bertz CT molecular complexity index is 710. The van der Waals surface area contributed by atoms with Gasteiger partial charge in [-0.15, -0.1) is 0 Å². The number of phenols is 1. The van der Waals surface area contributed by atoms with Crippen molar-refractivity contribution in [3.8, 4) is 5.75 Å². The van der Waals surface area contributed by atoms with Crippen molar-refractivity contribution in [1.82, 2.24) is 9.80 Å². The van der Waals surface area contributed by atoms with Crippen molar-refractivity contribution >= 4 is 6.03 Å². The van der Waals surface area contributed by atoms with E-state index in [0.717, 1.165) is 50.8 Å². The van der Waals surface area contributed by atoms with Gasteiger partial charge in [-0.05, 0) is 60.1 Å². The highest BCUT2D eigenvalue weighted by Gasteiger charge is 2.46. The van der Waals surface area contributed by atoms with E-state index in [1.807, 2.05) is 22.9 Å². The van der Waals surface area contributed by atoms with Crippen molar-refractivity contribution in [1.29, 1.82) is 0 Å². The van der Waals surface area contributed by atoms with Crippen LogP contribution in [0.3, 0.4) is 0 Å². The molecule has 0 aromatic heterocycles. The number of ether oxygens (including phenoxy) is 1. The lowest BCUT2D eigenvalue weighted by atomic mass is 9.55. The van der Waals surface area contributed by atoms with Crippen molar-refractivity contribution in [2.45, 2.75) is 64.4 Å². The zero-order chi connectivity index (χ0) is 20.5. The van der Waals surface area contributed by atoms with Gasteiger partial charge in [-0.1, -0.05) is 32.9 Å². The molecule has 28 heavy (non-hydrogen) atoms. The van der Waals surface area contributed by atoms with Gasteiger partial charge < -0.3 is 19.6 Å². The van der Waals surface area contributed by atoms with Crippen LogP contribution >= 0.6 is 0 Å². The Morgan fingerprint density at radius 1 is 1.29 bits per heavy atom. The zero-order valence-electron chi connectivity index (χ0n) is 18.1. The number of hydrogen-bond donors (Lipinski definition) is 1. The van der Waals surface area contributed by atoms with Crippen LogP contribution in [0.5, 0.6) is 5.75 Å². The molecule has 2 amide bonds. The van der Waals surface area contributed by atoms with E-state index in [9.17, 15) is 9.90 Å². The summed E-state index contributed by atoms with van der Waals surface area (Å²) in [5, 5.41) is 10.4. The number of hydrogen-bond acceptors (Lipinski definition) is 3. The number of methoxy groups -OCH3 is 1. The van der Waals surface area contributed by atoms with Crippen LogP contribution < -0.4 is 0 Å². The Morgan fingerprint density at radius 3 is 2.61 bits per heavy atom. The lowest BCUT2D eigenvalue weighted by Crippen LogP contribution is -2.49. The van der Waals surface area contributed by atoms with Crippen LogP contribution in [0.4, 0.5) is 4.79 Å². The van der Waals surface area contributed by atoms with Crippen LogP contribution in [-0.2, 0) is 16.6 Å². The number of urea groups is 1. The lowest BCUT2D eigenvalue weighted by molar-refractivity contribution is 0.0446. The average Bonchev–Trinajstić information content (AvgIpc) is 2.69. The van der Waals surface area contributed by atoms with Crippen LogP contribution in [0, 0.1) is 5.41 Å². The van der Waals surface area contributed by atoms with Crippen molar-refractivity contribution < 1.29 is 14.6 Å². The number of aromatic hydroxyl groups is 1. The third-order valence-electron chi connectivity index (χ3n) is 7.56. The van der Waals surface area contributed by atoms with E-state index in [1.165, 1.54) is 5.56 Å². The first kappa shape index (κ1) is 21.0. The first-order chi connectivity index (χ1) is 13.2. The summed E-state index contributed by atoms with van der Waals surface area (Å²) in [5.74, 6) is 0.407. The first-order valence-electron chi connectivity index (χ1n) is 10.5. The van der Waals surface area contributed by atoms with E-state index in [4.69, 9.17) is 4.74 Å². The lowest BCUT2D eigenvalue weighted by Gasteiger charge is -2.50. The molecule has 5 nitrogen and oxygen atoms in total. The Kier molecular flexibility index (Phi) is 5.95. The molecule has 156 valence electrons. The minimum absolute atomic E-state index is 0.0864. The van der Waals surface area contributed by atoms with Gasteiger partial charge in [0.2, 0.25) is 0 Å². The number of carbonyl (C=O) groups is 1. The van der Waals surface area contributed by atoms with Gasteiger partial charge in [0.1, 0.15) is 5.75 Å².